The van der Waals surface area contributed by atoms with Crippen molar-refractivity contribution in [3.8, 4) is 27.9 Å². The van der Waals surface area contributed by atoms with Gasteiger partial charge in [-0.25, -0.2) is 4.39 Å². The lowest BCUT2D eigenvalue weighted by molar-refractivity contribution is 0.332. The van der Waals surface area contributed by atoms with Crippen molar-refractivity contribution < 1.29 is 4.39 Å². The molecular weight excluding hydrogens is 696 g/mol. The van der Waals surface area contributed by atoms with Crippen LogP contribution in [-0.2, 0) is 10.8 Å². The highest BCUT2D eigenvalue weighted by atomic mass is 19.1. The number of hydrogen-bond acceptors (Lipinski definition) is 1. The molecule has 2 nitrogen and oxygen atoms in total. The van der Waals surface area contributed by atoms with Crippen LogP contribution in [0.3, 0.4) is 0 Å². The van der Waals surface area contributed by atoms with Crippen molar-refractivity contribution in [2.24, 2.45) is 0 Å². The van der Waals surface area contributed by atoms with Gasteiger partial charge >= 0.3 is 0 Å². The summed E-state index contributed by atoms with van der Waals surface area (Å²) in [7, 11) is 0. The predicted molar refractivity (Wildman–Crippen MR) is 239 cm³/mol. The average molecular weight is 741 g/mol. The Kier molecular flexibility index (Phi) is 8.19. The molecule has 1 aliphatic rings. The number of anilines is 3. The summed E-state index contributed by atoms with van der Waals surface area (Å²) >= 11 is 0. The van der Waals surface area contributed by atoms with Crippen LogP contribution < -0.4 is 4.90 Å². The Labute approximate surface area is 334 Å². The fraction of sp³-hybridized carbons (Fsp3) is 0.148. The lowest BCUT2D eigenvalue weighted by Gasteiger charge is -2.42. The van der Waals surface area contributed by atoms with Crippen LogP contribution in [0.15, 0.2) is 176 Å². The Bertz CT molecular complexity index is 2960. The van der Waals surface area contributed by atoms with Crippen LogP contribution in [0.4, 0.5) is 21.5 Å². The van der Waals surface area contributed by atoms with Gasteiger partial charge in [0, 0.05) is 33.2 Å². The molecule has 0 fully saturated rings. The Morgan fingerprint density at radius 3 is 1.91 bits per heavy atom. The molecule has 0 radical (unpaired) electrons. The largest absolute Gasteiger partial charge is 0.310 e. The van der Waals surface area contributed by atoms with Gasteiger partial charge in [-0.2, -0.15) is 0 Å². The first-order valence-electron chi connectivity index (χ1n) is 20.1. The molecule has 0 spiro atoms. The molecule has 1 aromatic heterocycles. The summed E-state index contributed by atoms with van der Waals surface area (Å²) in [6.07, 6.45) is 2.33. The van der Waals surface area contributed by atoms with Crippen molar-refractivity contribution in [1.29, 1.82) is 0 Å². The van der Waals surface area contributed by atoms with Gasteiger partial charge in [0.25, 0.3) is 0 Å². The molecule has 0 saturated carbocycles. The number of aromatic nitrogens is 1. The van der Waals surface area contributed by atoms with Crippen LogP contribution >= 0.6 is 0 Å². The number of rotatable bonds is 6. The van der Waals surface area contributed by atoms with E-state index in [1.54, 1.807) is 12.1 Å². The van der Waals surface area contributed by atoms with Crippen LogP contribution in [0.25, 0.3) is 60.5 Å². The maximum absolute atomic E-state index is 16.2. The zero-order chi connectivity index (χ0) is 38.9. The molecule has 8 aromatic carbocycles. The van der Waals surface area contributed by atoms with Crippen molar-refractivity contribution in [3.63, 3.8) is 0 Å². The molecule has 0 saturated heterocycles. The third-order valence-electron chi connectivity index (χ3n) is 12.5. The zero-order valence-electron chi connectivity index (χ0n) is 32.9. The number of fused-ring (bicyclic) bond motifs is 5. The summed E-state index contributed by atoms with van der Waals surface area (Å²) < 4.78 is 18.6. The van der Waals surface area contributed by atoms with Crippen molar-refractivity contribution in [2.75, 3.05) is 4.90 Å². The van der Waals surface area contributed by atoms with E-state index in [9.17, 15) is 0 Å². The van der Waals surface area contributed by atoms with Crippen LogP contribution in [0.5, 0.6) is 0 Å². The van der Waals surface area contributed by atoms with Crippen LogP contribution in [-0.4, -0.2) is 4.57 Å². The summed E-state index contributed by atoms with van der Waals surface area (Å²) in [6, 6.07) is 61.6. The van der Waals surface area contributed by atoms with Crippen LogP contribution in [0, 0.1) is 5.82 Å². The minimum Gasteiger partial charge on any atom is -0.310 e. The van der Waals surface area contributed by atoms with Gasteiger partial charge in [0.2, 0.25) is 0 Å². The number of hydrogen-bond donors (Lipinski definition) is 0. The topological polar surface area (TPSA) is 8.17 Å². The van der Waals surface area contributed by atoms with Crippen LogP contribution in [0.1, 0.15) is 51.7 Å². The fourth-order valence-corrected chi connectivity index (χ4v) is 9.28. The van der Waals surface area contributed by atoms with E-state index >= 15 is 4.39 Å². The molecule has 1 aliphatic carbocycles. The second-order valence-corrected chi connectivity index (χ2v) is 17.0. The van der Waals surface area contributed by atoms with Gasteiger partial charge in [0.05, 0.1) is 16.7 Å². The van der Waals surface area contributed by atoms with Crippen molar-refractivity contribution in [1.82, 2.24) is 4.57 Å². The molecule has 1 heterocycles. The quantitative estimate of drug-likeness (QED) is 0.165. The fourth-order valence-electron chi connectivity index (χ4n) is 9.28. The Balaban J connectivity index is 1.14. The van der Waals surface area contributed by atoms with Crippen LogP contribution in [0.2, 0.25) is 0 Å². The highest BCUT2D eigenvalue weighted by Crippen LogP contribution is 2.47. The van der Waals surface area contributed by atoms with Gasteiger partial charge in [0.15, 0.2) is 0 Å². The molecular formula is C54H45FN2. The van der Waals surface area contributed by atoms with E-state index in [1.165, 1.54) is 33.8 Å². The summed E-state index contributed by atoms with van der Waals surface area (Å²) in [4.78, 5) is 2.19. The number of para-hydroxylation sites is 1. The molecule has 278 valence electrons. The van der Waals surface area contributed by atoms with E-state index in [1.807, 2.05) is 6.07 Å². The Hall–Kier alpha value is -6.45. The molecule has 57 heavy (non-hydrogen) atoms. The van der Waals surface area contributed by atoms with Gasteiger partial charge < -0.3 is 9.47 Å². The zero-order valence-corrected chi connectivity index (χ0v) is 32.9. The van der Waals surface area contributed by atoms with Crippen molar-refractivity contribution in [3.05, 3.63) is 193 Å². The molecule has 9 aromatic rings. The first-order chi connectivity index (χ1) is 27.6. The Morgan fingerprint density at radius 1 is 0.456 bits per heavy atom. The Morgan fingerprint density at radius 2 is 1.11 bits per heavy atom. The maximum Gasteiger partial charge on any atom is 0.125 e. The van der Waals surface area contributed by atoms with E-state index in [4.69, 9.17) is 0 Å². The second-order valence-electron chi connectivity index (χ2n) is 17.0. The van der Waals surface area contributed by atoms with E-state index in [0.29, 0.717) is 0 Å². The standard InChI is InChI=1S/C54H45FN2/c1-53(2)29-30-54(3,4)49-35-43(26-28-48(49)53)57-51-19-11-10-18-46(51)47-27-23-39(33-52(47)57)40-31-41(55)34-44(32-40)56(50-20-12-16-38-15-8-9-17-45(38)50)42-24-21-37(22-25-42)36-13-6-5-7-14-36/h5-28,31-35H,29-30H2,1-4H3. The normalized spacial score (nSPS) is 14.5. The SMILES string of the molecule is CC1(C)CCC(C)(C)c2cc(-n3c4ccccc4c4ccc(-c5cc(F)cc(N(c6ccc(-c7ccccc7)cc6)c6cccc7ccccc67)c5)cc43)ccc21. The van der Waals surface area contributed by atoms with E-state index in [2.05, 4.69) is 195 Å². The molecule has 0 atom stereocenters. The first-order valence-corrected chi connectivity index (χ1v) is 20.1. The van der Waals surface area contributed by atoms with Gasteiger partial charge in [0.1, 0.15) is 5.82 Å². The highest BCUT2D eigenvalue weighted by molar-refractivity contribution is 6.10. The highest BCUT2D eigenvalue weighted by Gasteiger charge is 2.37. The number of benzene rings is 8. The third kappa shape index (κ3) is 6.01. The maximum atomic E-state index is 16.2. The average Bonchev–Trinajstić information content (AvgIpc) is 3.57. The molecule has 10 rings (SSSR count). The minimum atomic E-state index is -0.284. The van der Waals surface area contributed by atoms with E-state index in [0.717, 1.165) is 67.7 Å². The van der Waals surface area contributed by atoms with Gasteiger partial charge in [-0.05, 0) is 123 Å². The van der Waals surface area contributed by atoms with E-state index in [-0.39, 0.29) is 16.6 Å². The molecule has 0 bridgehead atoms. The number of halogens is 1. The molecule has 0 amide bonds. The smallest absolute Gasteiger partial charge is 0.125 e. The first kappa shape index (κ1) is 35.0. The predicted octanol–water partition coefficient (Wildman–Crippen LogP) is 15.2. The lowest BCUT2D eigenvalue weighted by atomic mass is 9.63. The molecule has 0 aliphatic heterocycles. The number of nitrogens with zero attached hydrogens (tertiary/aromatic N) is 2. The monoisotopic (exact) mass is 740 g/mol. The third-order valence-corrected chi connectivity index (χ3v) is 12.5. The summed E-state index contributed by atoms with van der Waals surface area (Å²) in [5.41, 5.74) is 13.3. The van der Waals surface area contributed by atoms with Crippen molar-refractivity contribution in [2.45, 2.75) is 51.4 Å². The molecule has 3 heteroatoms. The van der Waals surface area contributed by atoms with Gasteiger partial charge in [-0.1, -0.05) is 143 Å². The minimum absolute atomic E-state index is 0.0839. The summed E-state index contributed by atoms with van der Waals surface area (Å²) in [5.74, 6) is -0.284. The van der Waals surface area contributed by atoms with Crippen molar-refractivity contribution >= 4 is 49.6 Å². The molecule has 0 unspecified atom stereocenters. The van der Waals surface area contributed by atoms with E-state index < -0.39 is 0 Å². The lowest BCUT2D eigenvalue weighted by Crippen LogP contribution is -2.33. The molecule has 0 N–H and O–H groups in total. The summed E-state index contributed by atoms with van der Waals surface area (Å²) in [6.45, 7) is 9.52. The van der Waals surface area contributed by atoms with Gasteiger partial charge in [-0.15, -0.1) is 0 Å². The summed E-state index contributed by atoms with van der Waals surface area (Å²) in [5, 5.41) is 4.61. The second kappa shape index (κ2) is 13.3. The van der Waals surface area contributed by atoms with Gasteiger partial charge in [-0.3, -0.25) is 0 Å².